The molecule has 15 heavy (non-hydrogen) atoms. The van der Waals surface area contributed by atoms with Crippen LogP contribution in [0.5, 0.6) is 5.75 Å². The lowest BCUT2D eigenvalue weighted by molar-refractivity contribution is -0.142. The number of rotatable bonds is 4. The van der Waals surface area contributed by atoms with Crippen LogP contribution in [-0.4, -0.2) is 26.2 Å². The maximum absolute atomic E-state index is 11.1. The normalized spacial score (nSPS) is 11.9. The Hall–Kier alpha value is -1.55. The van der Waals surface area contributed by atoms with Gasteiger partial charge >= 0.3 is 5.97 Å². The van der Waals surface area contributed by atoms with Crippen LogP contribution in [0, 0.1) is 0 Å². The number of hydrogen-bond donors (Lipinski definition) is 1. The van der Waals surface area contributed by atoms with Crippen molar-refractivity contribution >= 4 is 5.97 Å². The Morgan fingerprint density at radius 2 is 1.93 bits per heavy atom. The molecule has 0 amide bonds. The van der Waals surface area contributed by atoms with Gasteiger partial charge in [0.1, 0.15) is 11.8 Å². The first kappa shape index (κ1) is 11.5. The van der Waals surface area contributed by atoms with Crippen LogP contribution in [0.4, 0.5) is 0 Å². The van der Waals surface area contributed by atoms with Crippen LogP contribution in [0.25, 0.3) is 0 Å². The summed E-state index contributed by atoms with van der Waals surface area (Å²) in [6, 6.07) is 6.81. The monoisotopic (exact) mass is 209 g/mol. The summed E-state index contributed by atoms with van der Waals surface area (Å²) < 4.78 is 9.56. The molecular weight excluding hydrogens is 194 g/mol. The van der Waals surface area contributed by atoms with Crippen LogP contribution in [0.2, 0.25) is 0 Å². The minimum atomic E-state index is -0.608. The second-order valence-electron chi connectivity index (χ2n) is 3.18. The van der Waals surface area contributed by atoms with E-state index in [1.54, 1.807) is 7.11 Å². The van der Waals surface area contributed by atoms with Crippen molar-refractivity contribution < 1.29 is 14.3 Å². The fourth-order valence-electron chi connectivity index (χ4n) is 1.25. The molecule has 0 radical (unpaired) electrons. The van der Waals surface area contributed by atoms with E-state index in [4.69, 9.17) is 10.5 Å². The summed E-state index contributed by atoms with van der Waals surface area (Å²) in [4.78, 5) is 11.1. The summed E-state index contributed by atoms with van der Waals surface area (Å²) in [7, 11) is 2.94. The molecule has 0 heterocycles. The Balaban J connectivity index is 2.60. The molecule has 2 N–H and O–H groups in total. The molecule has 4 heteroatoms. The van der Waals surface area contributed by atoms with Gasteiger partial charge in [-0.1, -0.05) is 12.1 Å². The predicted octanol–water partition coefficient (Wildman–Crippen LogP) is 0.738. The van der Waals surface area contributed by atoms with Crippen LogP contribution in [0.1, 0.15) is 5.56 Å². The first-order valence-electron chi connectivity index (χ1n) is 4.63. The Bertz CT molecular complexity index is 321. The summed E-state index contributed by atoms with van der Waals surface area (Å²) in [5.74, 6) is 0.385. The van der Waals surface area contributed by atoms with Gasteiger partial charge in [-0.3, -0.25) is 4.79 Å². The average Bonchev–Trinajstić information content (AvgIpc) is 2.29. The van der Waals surface area contributed by atoms with Crippen molar-refractivity contribution in [2.45, 2.75) is 12.5 Å². The van der Waals surface area contributed by atoms with Crippen LogP contribution >= 0.6 is 0 Å². The highest BCUT2D eigenvalue weighted by molar-refractivity contribution is 5.75. The van der Waals surface area contributed by atoms with E-state index < -0.39 is 12.0 Å². The van der Waals surface area contributed by atoms with Gasteiger partial charge < -0.3 is 15.2 Å². The highest BCUT2D eigenvalue weighted by Gasteiger charge is 2.13. The topological polar surface area (TPSA) is 61.5 Å². The first-order valence-corrected chi connectivity index (χ1v) is 4.63. The number of carbonyl (C=O) groups excluding carboxylic acids is 1. The average molecular weight is 209 g/mol. The van der Waals surface area contributed by atoms with Crippen molar-refractivity contribution in [1.82, 2.24) is 0 Å². The van der Waals surface area contributed by atoms with Gasteiger partial charge in [0, 0.05) is 0 Å². The summed E-state index contributed by atoms with van der Waals surface area (Å²) in [6.45, 7) is 0. The molecule has 0 aliphatic heterocycles. The van der Waals surface area contributed by atoms with Gasteiger partial charge in [0.25, 0.3) is 0 Å². The second-order valence-corrected chi connectivity index (χ2v) is 3.18. The van der Waals surface area contributed by atoms with Gasteiger partial charge in [-0.2, -0.15) is 0 Å². The van der Waals surface area contributed by atoms with Crippen LogP contribution < -0.4 is 10.5 Å². The van der Waals surface area contributed by atoms with Crippen molar-refractivity contribution in [2.75, 3.05) is 14.2 Å². The molecule has 1 aromatic carbocycles. The lowest BCUT2D eigenvalue weighted by Gasteiger charge is -2.09. The van der Waals surface area contributed by atoms with Crippen LogP contribution in [0.15, 0.2) is 24.3 Å². The molecule has 0 fully saturated rings. The molecule has 0 saturated carbocycles. The van der Waals surface area contributed by atoms with Crippen molar-refractivity contribution in [2.24, 2.45) is 5.73 Å². The fourth-order valence-corrected chi connectivity index (χ4v) is 1.25. The van der Waals surface area contributed by atoms with Gasteiger partial charge in [0.2, 0.25) is 0 Å². The number of esters is 1. The van der Waals surface area contributed by atoms with Crippen LogP contribution in [0.3, 0.4) is 0 Å². The van der Waals surface area contributed by atoms with Gasteiger partial charge in [-0.25, -0.2) is 0 Å². The number of nitrogens with two attached hydrogens (primary N) is 1. The Labute approximate surface area is 89.0 Å². The minimum absolute atomic E-state index is 0.397. The quantitative estimate of drug-likeness (QED) is 0.743. The molecule has 0 aromatic heterocycles. The van der Waals surface area contributed by atoms with Gasteiger partial charge in [-0.05, 0) is 24.1 Å². The predicted molar refractivity (Wildman–Crippen MR) is 56.7 cm³/mol. The molecule has 0 bridgehead atoms. The standard InChI is InChI=1S/C11H15NO3/c1-14-9-5-3-8(4-6-9)7-10(12)11(13)15-2/h3-6,10H,7,12H2,1-2H3/t10-/m1/s1. The minimum Gasteiger partial charge on any atom is -0.497 e. The second kappa shape index (κ2) is 5.36. The van der Waals surface area contributed by atoms with E-state index in [0.717, 1.165) is 11.3 Å². The van der Waals surface area contributed by atoms with E-state index >= 15 is 0 Å². The lowest BCUT2D eigenvalue weighted by atomic mass is 10.1. The van der Waals surface area contributed by atoms with Crippen molar-refractivity contribution in [1.29, 1.82) is 0 Å². The maximum Gasteiger partial charge on any atom is 0.322 e. The molecule has 0 spiro atoms. The molecule has 82 valence electrons. The zero-order valence-electron chi connectivity index (χ0n) is 8.90. The SMILES string of the molecule is COC(=O)[C@H](N)Cc1ccc(OC)cc1. The zero-order valence-corrected chi connectivity index (χ0v) is 8.90. The summed E-state index contributed by atoms with van der Waals surface area (Å²) in [5.41, 5.74) is 6.60. The Morgan fingerprint density at radius 3 is 2.40 bits per heavy atom. The number of methoxy groups -OCH3 is 2. The number of ether oxygens (including phenoxy) is 2. The van der Waals surface area contributed by atoms with E-state index in [9.17, 15) is 4.79 Å². The smallest absolute Gasteiger partial charge is 0.322 e. The first-order chi connectivity index (χ1) is 7.17. The zero-order chi connectivity index (χ0) is 11.3. The maximum atomic E-state index is 11.1. The van der Waals surface area contributed by atoms with E-state index in [2.05, 4.69) is 4.74 Å². The third kappa shape index (κ3) is 3.25. The van der Waals surface area contributed by atoms with E-state index in [-0.39, 0.29) is 0 Å². The van der Waals surface area contributed by atoms with E-state index in [0.29, 0.717) is 6.42 Å². The largest absolute Gasteiger partial charge is 0.497 e. The van der Waals surface area contributed by atoms with E-state index in [1.165, 1.54) is 7.11 Å². The molecule has 0 aliphatic rings. The van der Waals surface area contributed by atoms with Crippen molar-refractivity contribution in [3.8, 4) is 5.75 Å². The summed E-state index contributed by atoms with van der Waals surface area (Å²) in [6.07, 6.45) is 0.469. The van der Waals surface area contributed by atoms with Gasteiger partial charge in [-0.15, -0.1) is 0 Å². The molecule has 1 rings (SSSR count). The molecule has 0 aliphatic carbocycles. The Kier molecular flexibility index (Phi) is 4.12. The summed E-state index contributed by atoms with van der Waals surface area (Å²) >= 11 is 0. The highest BCUT2D eigenvalue weighted by atomic mass is 16.5. The molecule has 0 unspecified atom stereocenters. The van der Waals surface area contributed by atoms with Crippen molar-refractivity contribution in [3.05, 3.63) is 29.8 Å². The van der Waals surface area contributed by atoms with Crippen molar-refractivity contribution in [3.63, 3.8) is 0 Å². The molecule has 0 saturated heterocycles. The highest BCUT2D eigenvalue weighted by Crippen LogP contribution is 2.12. The fraction of sp³-hybridized carbons (Fsp3) is 0.364. The molecule has 1 atom stereocenters. The third-order valence-electron chi connectivity index (χ3n) is 2.12. The molecular formula is C11H15NO3. The number of benzene rings is 1. The number of carbonyl (C=O) groups is 1. The van der Waals surface area contributed by atoms with Crippen LogP contribution in [-0.2, 0) is 16.0 Å². The van der Waals surface area contributed by atoms with Gasteiger partial charge in [0.15, 0.2) is 0 Å². The molecule has 4 nitrogen and oxygen atoms in total. The third-order valence-corrected chi connectivity index (χ3v) is 2.12. The summed E-state index contributed by atoms with van der Waals surface area (Å²) in [5, 5.41) is 0. The Morgan fingerprint density at radius 1 is 1.33 bits per heavy atom. The lowest BCUT2D eigenvalue weighted by Crippen LogP contribution is -2.33. The molecule has 1 aromatic rings. The van der Waals surface area contributed by atoms with E-state index in [1.807, 2.05) is 24.3 Å². The number of hydrogen-bond acceptors (Lipinski definition) is 4. The van der Waals surface area contributed by atoms with Gasteiger partial charge in [0.05, 0.1) is 14.2 Å².